The maximum Gasteiger partial charge on any atom is 0.300 e. The van der Waals surface area contributed by atoms with Crippen LogP contribution in [0.15, 0.2) is 119 Å². The number of allylic oxidation sites excluding steroid dienone is 4. The second kappa shape index (κ2) is 43.7. The number of carbonyl (C=O) groups excluding carboxylic acids is 11. The first-order valence-corrected chi connectivity index (χ1v) is 42.6. The molecule has 19 N–H and O–H groups in total. The summed E-state index contributed by atoms with van der Waals surface area (Å²) >= 11 is 0. The molecule has 4 heterocycles. The van der Waals surface area contributed by atoms with E-state index in [1.807, 2.05) is 32.9 Å². The van der Waals surface area contributed by atoms with Crippen molar-refractivity contribution < 1.29 is 78.0 Å². The largest absolute Gasteiger partial charge is 0.508 e. The maximum atomic E-state index is 14.7. The number of amides is 10. The van der Waals surface area contributed by atoms with E-state index < -0.39 is 120 Å². The molecule has 4 fully saturated rings. The van der Waals surface area contributed by atoms with Gasteiger partial charge in [0.05, 0.1) is 12.9 Å². The van der Waals surface area contributed by atoms with Crippen molar-refractivity contribution in [2.75, 3.05) is 45.2 Å². The summed E-state index contributed by atoms with van der Waals surface area (Å²) in [6, 6.07) is 10.6. The van der Waals surface area contributed by atoms with Crippen LogP contribution < -0.4 is 64.2 Å². The molecule has 33 heteroatoms. The second-order valence-electron chi connectivity index (χ2n) is 34.1. The van der Waals surface area contributed by atoms with E-state index in [2.05, 4.69) is 130 Å². The van der Waals surface area contributed by atoms with Gasteiger partial charge in [0, 0.05) is 119 Å². The Morgan fingerprint density at radius 2 is 1.32 bits per heavy atom. The van der Waals surface area contributed by atoms with Gasteiger partial charge >= 0.3 is 0 Å². The number of hydrogen-bond donors (Lipinski definition) is 17. The zero-order chi connectivity index (χ0) is 89.6. The number of aliphatic carboxylic acids is 1. The maximum absolute atomic E-state index is 14.7. The van der Waals surface area contributed by atoms with Crippen molar-refractivity contribution in [3.63, 3.8) is 0 Å². The molecule has 33 nitrogen and oxygen atoms in total. The van der Waals surface area contributed by atoms with E-state index in [0.29, 0.717) is 59.9 Å². The number of aliphatic hydroxyl groups excluding tert-OH is 1. The fourth-order valence-electron chi connectivity index (χ4n) is 17.9. The first-order chi connectivity index (χ1) is 58.5. The number of carbonyl (C=O) groups is 12. The Balaban J connectivity index is 0.000000390. The van der Waals surface area contributed by atoms with E-state index in [1.54, 1.807) is 50.7 Å². The predicted octanol–water partition coefficient (Wildman–Crippen LogP) is 4.06. The Morgan fingerprint density at radius 3 is 1.90 bits per heavy atom. The molecule has 6 aliphatic rings. The number of phenolic OH excluding ortho intramolecular Hbond substituents is 1. The molecular formula is C90H123N17O16. The van der Waals surface area contributed by atoms with Gasteiger partial charge in [-0.25, -0.2) is 4.98 Å². The Bertz CT molecular complexity index is 4750. The second-order valence-corrected chi connectivity index (χ2v) is 34.1. The van der Waals surface area contributed by atoms with Crippen molar-refractivity contribution in [1.29, 1.82) is 0 Å². The summed E-state index contributed by atoms with van der Waals surface area (Å²) in [5.41, 5.74) is 19.0. The Morgan fingerprint density at radius 1 is 0.715 bits per heavy atom. The highest BCUT2D eigenvalue weighted by Gasteiger charge is 2.63. The summed E-state index contributed by atoms with van der Waals surface area (Å²) in [6.45, 7) is 14.1. The summed E-state index contributed by atoms with van der Waals surface area (Å²) in [5.74, 6) is -0.628. The van der Waals surface area contributed by atoms with Gasteiger partial charge < -0.3 is 99.5 Å². The number of para-hydroxylation sites is 1. The van der Waals surface area contributed by atoms with Crippen LogP contribution in [-0.2, 0) is 76.8 Å². The highest BCUT2D eigenvalue weighted by molar-refractivity contribution is 6.00. The molecule has 10 amide bonds. The molecule has 2 aromatic heterocycles. The quantitative estimate of drug-likeness (QED) is 0.0119. The van der Waals surface area contributed by atoms with Crippen molar-refractivity contribution in [1.82, 2.24) is 67.7 Å². The SMILES string of the molecule is CC#C[C@]1(O)CC[C@H]2[C@@H]3CCC4=CC(=O)CCC4=C3[C@@H](c3ccc(N(C)C)cc3)C[C@@]21C.CC(=O)O.CCNC(=O)[C@@H]1CCCN1C(=O)[C@H](CCCN=C(N)N)NC(=O)[C@H](CC(C)C)NC(=O)[C@@H](CC(C)C)NC(=O)[C@H](Cc1ccc(O)cc1)NC(=O)[C@H](CO)NC(=O)[C@H](Cc1c[nH]c2ccccc12)NC(=O)[C@H](Cc1cnc[nH]1)NC(=O)[C@@H]1CCC(=O)N1. The van der Waals surface area contributed by atoms with Crippen LogP contribution in [0.4, 0.5) is 5.69 Å². The van der Waals surface area contributed by atoms with Crippen molar-refractivity contribution in [2.45, 2.75) is 237 Å². The zero-order valence-corrected chi connectivity index (χ0v) is 72.0. The van der Waals surface area contributed by atoms with Crippen LogP contribution >= 0.6 is 0 Å². The molecular weight excluding hydrogens is 1580 g/mol. The van der Waals surface area contributed by atoms with Gasteiger partial charge in [0.25, 0.3) is 5.97 Å². The number of phenols is 1. The number of likely N-dealkylation sites (tertiary alicyclic amines) is 1. The summed E-state index contributed by atoms with van der Waals surface area (Å²) in [6.07, 6.45) is 14.0. The molecule has 0 radical (unpaired) electrons. The van der Waals surface area contributed by atoms with Crippen molar-refractivity contribution >= 4 is 93.4 Å². The minimum Gasteiger partial charge on any atom is -0.508 e. The average molecular weight is 1700 g/mol. The molecule has 2 saturated heterocycles. The third kappa shape index (κ3) is 25.2. The molecule has 664 valence electrons. The summed E-state index contributed by atoms with van der Waals surface area (Å²) in [5, 5.41) is 65.0. The van der Waals surface area contributed by atoms with E-state index in [-0.39, 0.29) is 123 Å². The summed E-state index contributed by atoms with van der Waals surface area (Å²) in [7, 11) is 4.14. The van der Waals surface area contributed by atoms with Gasteiger partial charge in [0.2, 0.25) is 59.1 Å². The number of aliphatic imine (C=N–C) groups is 1. The average Bonchev–Trinajstić information content (AvgIpc) is 1.59. The van der Waals surface area contributed by atoms with Gasteiger partial charge in [-0.3, -0.25) is 62.5 Å². The molecule has 0 bridgehead atoms. The minimum absolute atomic E-state index is 0.0397. The molecule has 14 atom stereocenters. The number of likely N-dealkylation sites (N-methyl/N-ethyl adjacent to an activating group) is 1. The number of imidazole rings is 1. The van der Waals surface area contributed by atoms with Gasteiger partial charge in [-0.2, -0.15) is 0 Å². The van der Waals surface area contributed by atoms with Crippen molar-refractivity contribution in [3.05, 3.63) is 137 Å². The van der Waals surface area contributed by atoms with E-state index in [1.165, 1.54) is 64.1 Å². The van der Waals surface area contributed by atoms with Gasteiger partial charge in [-0.05, 0) is 185 Å². The Hall–Kier alpha value is -11.9. The molecule has 2 saturated carbocycles. The molecule has 0 unspecified atom stereocenters. The zero-order valence-electron chi connectivity index (χ0n) is 72.0. The van der Waals surface area contributed by atoms with E-state index >= 15 is 0 Å². The number of H-pyrrole nitrogens is 2. The van der Waals surface area contributed by atoms with Crippen LogP contribution in [0, 0.1) is 40.9 Å². The Labute approximate surface area is 717 Å². The van der Waals surface area contributed by atoms with Gasteiger partial charge in [-0.1, -0.05) is 88.6 Å². The number of carboxylic acid groups (broad SMARTS) is 1. The lowest BCUT2D eigenvalue weighted by atomic mass is 9.51. The number of aromatic nitrogens is 3. The first kappa shape index (κ1) is 94.9. The number of rotatable bonds is 34. The highest BCUT2D eigenvalue weighted by atomic mass is 16.4. The number of aromatic amines is 2. The number of anilines is 1. The highest BCUT2D eigenvalue weighted by Crippen LogP contribution is 2.66. The molecule has 123 heavy (non-hydrogen) atoms. The topological polar surface area (TPSA) is 509 Å². The predicted molar refractivity (Wildman–Crippen MR) is 463 cm³/mol. The molecule has 0 spiro atoms. The van der Waals surface area contributed by atoms with Gasteiger partial charge in [-0.15, -0.1) is 5.92 Å². The number of benzene rings is 3. The van der Waals surface area contributed by atoms with Gasteiger partial charge in [0.15, 0.2) is 11.7 Å². The van der Waals surface area contributed by atoms with Crippen LogP contribution in [0.3, 0.4) is 0 Å². The van der Waals surface area contributed by atoms with E-state index in [9.17, 15) is 68.1 Å². The van der Waals surface area contributed by atoms with Crippen LogP contribution in [0.2, 0.25) is 0 Å². The fourth-order valence-corrected chi connectivity index (χ4v) is 17.9. The molecule has 5 aromatic rings. The molecule has 4 aliphatic carbocycles. The van der Waals surface area contributed by atoms with Crippen LogP contribution in [-0.4, -0.2) is 217 Å². The fraction of sp³-hybridized carbons (Fsp3) is 0.533. The third-order valence-corrected chi connectivity index (χ3v) is 23.9. The Kier molecular flexibility index (Phi) is 33.7. The number of aliphatic hydroxyl groups is 2. The molecule has 3 aromatic carbocycles. The minimum atomic E-state index is -1.75. The van der Waals surface area contributed by atoms with Crippen molar-refractivity contribution in [3.8, 4) is 17.6 Å². The van der Waals surface area contributed by atoms with Crippen LogP contribution in [0.5, 0.6) is 5.75 Å². The normalized spacial score (nSPS) is 21.7. The number of nitrogens with two attached hydrogens (primary N) is 2. The first-order valence-electron chi connectivity index (χ1n) is 42.6. The van der Waals surface area contributed by atoms with Gasteiger partial charge in [0.1, 0.15) is 65.7 Å². The number of nitrogens with one attached hydrogen (secondary N) is 11. The van der Waals surface area contributed by atoms with Crippen LogP contribution in [0.1, 0.15) is 180 Å². The monoisotopic (exact) mass is 1700 g/mol. The smallest absolute Gasteiger partial charge is 0.300 e. The standard InChI is InChI=1S/C59H84N16O12.C29H35NO2.C2H4O2/c1-6-63-57(86)48-14-10-22-75(48)58(87)41(13-9-21-64-59(60)61)68-51(80)42(23-32(2)3)69-52(81)43(24-33(4)5)70-53(82)44(25-34-15-17-37(77)18-16-34)71-56(85)47(30-76)74-54(83)45(26-35-28-65-39-12-8-7-11-38(35)39)72-55(84)46(27-36-29-62-31-66-36)73-50(79)40-19-20-49(78)67-40;1-5-15-29(32)16-14-26-24-12-8-20-17-22(31)11-13-23(20)27(24)25(18-28(26,29)2)19-6-9-21(10-7-19)30(3)4;1-2(3)4/h7-8,11-12,15-18,28-29,31-33,40-48,65,76-77H,6,9-10,13-14,19-27,30H2,1-5H3,(H,62,66)(H,63,86)(H,67,78)(H,68,80)(H,69,81)(H,70,82)(H,71,85)(H,72,84)(H,73,79)(H,74,83)(H4,60,61,64);6-7,9-10,17,24-26,32H,8,11-14,16,18H2,1-4H3;1H3,(H,3,4)/t40-,41-,42-,43+,44-,45-,46-,47-,48-;24-,25+,26-,28-,29-;/m00./s1. The number of hydrogen-bond acceptors (Lipinski definition) is 18. The molecule has 11 rings (SSSR count). The number of guanidine groups is 1. The van der Waals surface area contributed by atoms with E-state index in [0.717, 1.165) is 51.0 Å². The lowest BCUT2D eigenvalue weighted by molar-refractivity contribution is -0.142. The number of nitrogens with zero attached hydrogens (tertiary/aromatic N) is 4. The van der Waals surface area contributed by atoms with Crippen LogP contribution in [0.25, 0.3) is 10.9 Å². The summed E-state index contributed by atoms with van der Waals surface area (Å²) < 4.78 is 0. The number of fused-ring (bicyclic) bond motifs is 5. The molecule has 2 aliphatic heterocycles. The lowest BCUT2D eigenvalue weighted by Gasteiger charge is -2.53. The number of ketones is 1. The van der Waals surface area contributed by atoms with Crippen molar-refractivity contribution in [2.24, 2.45) is 45.5 Å². The lowest BCUT2D eigenvalue weighted by Crippen LogP contribution is -2.61. The van der Waals surface area contributed by atoms with E-state index in [4.69, 9.17) is 21.4 Å². The number of carboxylic acids is 1. The third-order valence-electron chi connectivity index (χ3n) is 23.9. The summed E-state index contributed by atoms with van der Waals surface area (Å²) in [4.78, 5) is 178. The number of aromatic hydroxyl groups is 1.